The standard InChI is InChI=1S/C17H19BrFNO/c1-10-8-12(9-11(2)17(10)21-4)16(20-3)15-13(18)6-5-7-14(15)19/h5-9,16,20H,1-4H3. The lowest BCUT2D eigenvalue weighted by atomic mass is 9.94. The maximum absolute atomic E-state index is 14.2. The maximum atomic E-state index is 14.2. The van der Waals surface area contributed by atoms with Crippen LogP contribution in [0, 0.1) is 19.7 Å². The van der Waals surface area contributed by atoms with Gasteiger partial charge in [0.2, 0.25) is 0 Å². The van der Waals surface area contributed by atoms with Crippen molar-refractivity contribution in [3.05, 3.63) is 62.9 Å². The third-order valence-electron chi connectivity index (χ3n) is 3.60. The number of halogens is 2. The molecule has 0 radical (unpaired) electrons. The van der Waals surface area contributed by atoms with Gasteiger partial charge in [-0.25, -0.2) is 4.39 Å². The lowest BCUT2D eigenvalue weighted by Crippen LogP contribution is -2.20. The number of benzene rings is 2. The topological polar surface area (TPSA) is 21.3 Å². The number of aryl methyl sites for hydroxylation is 2. The van der Waals surface area contributed by atoms with E-state index in [1.807, 2.05) is 39.1 Å². The first-order chi connectivity index (χ1) is 9.99. The maximum Gasteiger partial charge on any atom is 0.129 e. The molecule has 0 aliphatic carbocycles. The first-order valence-electron chi connectivity index (χ1n) is 6.76. The van der Waals surface area contributed by atoms with E-state index in [0.29, 0.717) is 5.56 Å². The highest BCUT2D eigenvalue weighted by Gasteiger charge is 2.20. The summed E-state index contributed by atoms with van der Waals surface area (Å²) in [7, 11) is 3.50. The van der Waals surface area contributed by atoms with Crippen molar-refractivity contribution < 1.29 is 9.13 Å². The molecule has 0 aliphatic heterocycles. The average Bonchev–Trinajstić information content (AvgIpc) is 2.42. The Morgan fingerprint density at radius 2 is 1.81 bits per heavy atom. The quantitative estimate of drug-likeness (QED) is 0.873. The van der Waals surface area contributed by atoms with Gasteiger partial charge in [-0.3, -0.25) is 0 Å². The van der Waals surface area contributed by atoms with Gasteiger partial charge in [-0.2, -0.15) is 0 Å². The molecule has 0 heterocycles. The van der Waals surface area contributed by atoms with E-state index >= 15 is 0 Å². The minimum atomic E-state index is -0.227. The molecule has 2 aromatic carbocycles. The van der Waals surface area contributed by atoms with Crippen LogP contribution in [0.25, 0.3) is 0 Å². The molecule has 2 aromatic rings. The molecular formula is C17H19BrFNO. The lowest BCUT2D eigenvalue weighted by molar-refractivity contribution is 0.408. The molecule has 0 spiro atoms. The van der Waals surface area contributed by atoms with Crippen LogP contribution in [0.2, 0.25) is 0 Å². The molecule has 0 fully saturated rings. The Labute approximate surface area is 133 Å². The van der Waals surface area contributed by atoms with Crippen LogP contribution in [-0.2, 0) is 0 Å². The second-order valence-electron chi connectivity index (χ2n) is 5.04. The molecule has 0 amide bonds. The van der Waals surface area contributed by atoms with Crippen LogP contribution in [-0.4, -0.2) is 14.2 Å². The second-order valence-corrected chi connectivity index (χ2v) is 5.90. The molecule has 2 nitrogen and oxygen atoms in total. The SMILES string of the molecule is CNC(c1cc(C)c(OC)c(C)c1)c1c(F)cccc1Br. The molecule has 0 saturated carbocycles. The predicted molar refractivity (Wildman–Crippen MR) is 87.5 cm³/mol. The minimum Gasteiger partial charge on any atom is -0.496 e. The van der Waals surface area contributed by atoms with Gasteiger partial charge in [0.25, 0.3) is 0 Å². The highest BCUT2D eigenvalue weighted by atomic mass is 79.9. The monoisotopic (exact) mass is 351 g/mol. The van der Waals surface area contributed by atoms with Crippen molar-refractivity contribution in [3.63, 3.8) is 0 Å². The van der Waals surface area contributed by atoms with Crippen molar-refractivity contribution in [2.45, 2.75) is 19.9 Å². The smallest absolute Gasteiger partial charge is 0.129 e. The van der Waals surface area contributed by atoms with E-state index in [2.05, 4.69) is 21.2 Å². The molecule has 1 N–H and O–H groups in total. The third kappa shape index (κ3) is 3.11. The Morgan fingerprint density at radius 3 is 2.29 bits per heavy atom. The number of rotatable bonds is 4. The zero-order valence-electron chi connectivity index (χ0n) is 12.6. The summed E-state index contributed by atoms with van der Waals surface area (Å²) >= 11 is 3.45. The van der Waals surface area contributed by atoms with Gasteiger partial charge in [0.1, 0.15) is 11.6 Å². The second kappa shape index (κ2) is 6.58. The first kappa shape index (κ1) is 16.0. The fraction of sp³-hybridized carbons (Fsp3) is 0.294. The number of methoxy groups -OCH3 is 1. The number of hydrogen-bond acceptors (Lipinski definition) is 2. The average molecular weight is 352 g/mol. The number of ether oxygens (including phenoxy) is 1. The van der Waals surface area contributed by atoms with Crippen molar-refractivity contribution in [2.24, 2.45) is 0 Å². The highest BCUT2D eigenvalue weighted by Crippen LogP contribution is 2.34. The van der Waals surface area contributed by atoms with E-state index in [1.54, 1.807) is 13.2 Å². The van der Waals surface area contributed by atoms with Crippen molar-refractivity contribution in [1.82, 2.24) is 5.32 Å². The van der Waals surface area contributed by atoms with E-state index in [4.69, 9.17) is 4.74 Å². The summed E-state index contributed by atoms with van der Waals surface area (Å²) in [4.78, 5) is 0. The Kier molecular flexibility index (Phi) is 5.01. The van der Waals surface area contributed by atoms with Gasteiger partial charge >= 0.3 is 0 Å². The van der Waals surface area contributed by atoms with Gasteiger partial charge in [-0.1, -0.05) is 34.1 Å². The van der Waals surface area contributed by atoms with E-state index in [9.17, 15) is 4.39 Å². The van der Waals surface area contributed by atoms with E-state index in [1.165, 1.54) is 6.07 Å². The predicted octanol–water partition coefficient (Wildman–Crippen LogP) is 4.52. The van der Waals surface area contributed by atoms with Gasteiger partial charge in [0.05, 0.1) is 13.2 Å². The van der Waals surface area contributed by atoms with Crippen molar-refractivity contribution >= 4 is 15.9 Å². The van der Waals surface area contributed by atoms with Gasteiger partial charge in [-0.15, -0.1) is 0 Å². The van der Waals surface area contributed by atoms with Crippen LogP contribution in [0.5, 0.6) is 5.75 Å². The molecule has 0 aromatic heterocycles. The van der Waals surface area contributed by atoms with Gasteiger partial charge < -0.3 is 10.1 Å². The molecule has 4 heteroatoms. The Bertz CT molecular complexity index is 614. The fourth-order valence-electron chi connectivity index (χ4n) is 2.74. The Morgan fingerprint density at radius 1 is 1.19 bits per heavy atom. The zero-order valence-corrected chi connectivity index (χ0v) is 14.2. The minimum absolute atomic E-state index is 0.219. The van der Waals surface area contributed by atoms with Crippen molar-refractivity contribution in [2.75, 3.05) is 14.2 Å². The molecule has 0 bridgehead atoms. The summed E-state index contributed by atoms with van der Waals surface area (Å²) < 4.78 is 20.4. The van der Waals surface area contributed by atoms with Crippen molar-refractivity contribution in [1.29, 1.82) is 0 Å². The summed E-state index contributed by atoms with van der Waals surface area (Å²) in [5, 5.41) is 3.20. The van der Waals surface area contributed by atoms with Crippen molar-refractivity contribution in [3.8, 4) is 5.75 Å². The van der Waals surface area contributed by atoms with E-state index in [0.717, 1.165) is 26.9 Å². The van der Waals surface area contributed by atoms with E-state index in [-0.39, 0.29) is 11.9 Å². The van der Waals surface area contributed by atoms with Crippen LogP contribution in [0.3, 0.4) is 0 Å². The van der Waals surface area contributed by atoms with Crippen LogP contribution in [0.4, 0.5) is 4.39 Å². The largest absolute Gasteiger partial charge is 0.496 e. The summed E-state index contributed by atoms with van der Waals surface area (Å²) in [6, 6.07) is 8.88. The van der Waals surface area contributed by atoms with Crippen LogP contribution >= 0.6 is 15.9 Å². The summed E-state index contributed by atoms with van der Waals surface area (Å²) in [6.45, 7) is 4.00. The van der Waals surface area contributed by atoms with E-state index < -0.39 is 0 Å². The highest BCUT2D eigenvalue weighted by molar-refractivity contribution is 9.10. The normalized spacial score (nSPS) is 12.3. The van der Waals surface area contributed by atoms with Crippen LogP contribution < -0.4 is 10.1 Å². The molecular weight excluding hydrogens is 333 g/mol. The lowest BCUT2D eigenvalue weighted by Gasteiger charge is -2.21. The van der Waals surface area contributed by atoms with Gasteiger partial charge in [-0.05, 0) is 49.7 Å². The van der Waals surface area contributed by atoms with Gasteiger partial charge in [0.15, 0.2) is 0 Å². The summed E-state index contributed by atoms with van der Waals surface area (Å²) in [5.74, 6) is 0.649. The molecule has 0 aliphatic rings. The molecule has 0 saturated heterocycles. The summed E-state index contributed by atoms with van der Waals surface area (Å²) in [6.07, 6.45) is 0. The molecule has 1 atom stereocenters. The third-order valence-corrected chi connectivity index (χ3v) is 4.29. The number of hydrogen-bond donors (Lipinski definition) is 1. The summed E-state index contributed by atoms with van der Waals surface area (Å²) in [5.41, 5.74) is 3.71. The number of nitrogens with one attached hydrogen (secondary N) is 1. The molecule has 112 valence electrons. The molecule has 1 unspecified atom stereocenters. The fourth-order valence-corrected chi connectivity index (χ4v) is 3.31. The molecule has 2 rings (SSSR count). The van der Waals surface area contributed by atoms with Gasteiger partial charge in [0, 0.05) is 10.0 Å². The Balaban J connectivity index is 2.57. The first-order valence-corrected chi connectivity index (χ1v) is 7.55. The molecule has 21 heavy (non-hydrogen) atoms. The van der Waals surface area contributed by atoms with Crippen LogP contribution in [0.15, 0.2) is 34.8 Å². The Hall–Kier alpha value is -1.39. The zero-order chi connectivity index (χ0) is 15.6. The van der Waals surface area contributed by atoms with Crippen LogP contribution in [0.1, 0.15) is 28.3 Å².